The van der Waals surface area contributed by atoms with Crippen LogP contribution in [0.4, 0.5) is 11.5 Å². The smallest absolute Gasteiger partial charge is 0.310 e. The summed E-state index contributed by atoms with van der Waals surface area (Å²) in [4.78, 5) is 23.6. The summed E-state index contributed by atoms with van der Waals surface area (Å²) in [6.07, 6.45) is 1.59. The van der Waals surface area contributed by atoms with E-state index in [4.69, 9.17) is 4.74 Å². The third-order valence-corrected chi connectivity index (χ3v) is 4.15. The molecule has 0 aliphatic carbocycles. The summed E-state index contributed by atoms with van der Waals surface area (Å²) in [6, 6.07) is 11.5. The lowest BCUT2D eigenvalue weighted by molar-refractivity contribution is -0.385. The van der Waals surface area contributed by atoms with Gasteiger partial charge in [0, 0.05) is 17.0 Å². The van der Waals surface area contributed by atoms with Crippen LogP contribution in [-0.2, 0) is 11.3 Å². The van der Waals surface area contributed by atoms with Crippen LogP contribution in [-0.4, -0.2) is 27.2 Å². The van der Waals surface area contributed by atoms with Gasteiger partial charge in [-0.3, -0.25) is 14.9 Å². The number of nitro groups is 1. The monoisotopic (exact) mass is 358 g/mol. The Labute approximate surface area is 146 Å². The number of rotatable bonds is 7. The molecule has 1 N–H and O–H groups in total. The lowest BCUT2D eigenvalue weighted by Crippen LogP contribution is -2.22. The Morgan fingerprint density at radius 2 is 2.12 bits per heavy atom. The minimum atomic E-state index is -0.552. The van der Waals surface area contributed by atoms with Gasteiger partial charge in [-0.05, 0) is 17.5 Å². The molecule has 25 heavy (non-hydrogen) atoms. The number of hydrogen-bond donors (Lipinski definition) is 1. The normalized spacial score (nSPS) is 10.4. The number of thiophene rings is 1. The second-order valence-electron chi connectivity index (χ2n) is 5.02. The number of para-hydroxylation sites is 2. The molecule has 0 aliphatic rings. The van der Waals surface area contributed by atoms with E-state index in [1.54, 1.807) is 34.3 Å². The molecule has 2 heterocycles. The molecule has 8 nitrogen and oxygen atoms in total. The highest BCUT2D eigenvalue weighted by Gasteiger charge is 2.15. The van der Waals surface area contributed by atoms with E-state index in [1.807, 2.05) is 17.5 Å². The number of ether oxygens (including phenoxy) is 1. The summed E-state index contributed by atoms with van der Waals surface area (Å²) >= 11 is 1.60. The molecule has 0 saturated carbocycles. The zero-order valence-electron chi connectivity index (χ0n) is 13.0. The highest BCUT2D eigenvalue weighted by molar-refractivity contribution is 7.09. The van der Waals surface area contributed by atoms with Gasteiger partial charge in [0.15, 0.2) is 12.4 Å². The molecule has 3 rings (SSSR count). The van der Waals surface area contributed by atoms with Crippen molar-refractivity contribution in [1.82, 2.24) is 9.78 Å². The first-order valence-corrected chi connectivity index (χ1v) is 8.21. The number of carbonyl (C=O) groups is 1. The average Bonchev–Trinajstić information content (AvgIpc) is 3.26. The maximum atomic E-state index is 12.1. The minimum absolute atomic E-state index is 0.0507. The summed E-state index contributed by atoms with van der Waals surface area (Å²) in [5.41, 5.74) is -0.182. The van der Waals surface area contributed by atoms with E-state index in [0.29, 0.717) is 12.4 Å². The molecule has 1 amide bonds. The largest absolute Gasteiger partial charge is 0.477 e. The molecule has 128 valence electrons. The molecule has 0 radical (unpaired) electrons. The zero-order valence-corrected chi connectivity index (χ0v) is 13.8. The molecular formula is C16H14N4O4S. The van der Waals surface area contributed by atoms with Gasteiger partial charge in [-0.2, -0.15) is 5.10 Å². The first-order valence-electron chi connectivity index (χ1n) is 7.34. The number of nitrogens with zero attached hydrogens (tertiary/aromatic N) is 3. The van der Waals surface area contributed by atoms with Gasteiger partial charge in [0.2, 0.25) is 0 Å². The fraction of sp³-hybridized carbons (Fsp3) is 0.125. The first-order chi connectivity index (χ1) is 12.1. The highest BCUT2D eigenvalue weighted by atomic mass is 32.1. The lowest BCUT2D eigenvalue weighted by Gasteiger charge is -2.09. The van der Waals surface area contributed by atoms with E-state index in [1.165, 1.54) is 18.2 Å². The fourth-order valence-electron chi connectivity index (χ4n) is 2.17. The number of hydrogen-bond acceptors (Lipinski definition) is 6. The van der Waals surface area contributed by atoms with Crippen LogP contribution in [0.2, 0.25) is 0 Å². The molecule has 0 atom stereocenters. The minimum Gasteiger partial charge on any atom is -0.477 e. The molecule has 9 heteroatoms. The second-order valence-corrected chi connectivity index (χ2v) is 6.05. The Morgan fingerprint density at radius 1 is 1.28 bits per heavy atom. The molecule has 0 spiro atoms. The van der Waals surface area contributed by atoms with Crippen LogP contribution in [0, 0.1) is 10.1 Å². The van der Waals surface area contributed by atoms with Crippen molar-refractivity contribution >= 4 is 28.7 Å². The van der Waals surface area contributed by atoms with E-state index in [2.05, 4.69) is 10.4 Å². The van der Waals surface area contributed by atoms with Gasteiger partial charge < -0.3 is 10.1 Å². The van der Waals surface area contributed by atoms with Crippen molar-refractivity contribution in [2.75, 3.05) is 11.9 Å². The van der Waals surface area contributed by atoms with Crippen molar-refractivity contribution < 1.29 is 14.5 Å². The number of carbonyl (C=O) groups excluding carboxylic acids is 1. The quantitative estimate of drug-likeness (QED) is 0.517. The number of aromatic nitrogens is 2. The zero-order chi connectivity index (χ0) is 17.6. The number of nitrogens with one attached hydrogen (secondary N) is 1. The third kappa shape index (κ3) is 4.21. The van der Waals surface area contributed by atoms with E-state index in [-0.39, 0.29) is 18.0 Å². The predicted molar refractivity (Wildman–Crippen MR) is 92.9 cm³/mol. The summed E-state index contributed by atoms with van der Waals surface area (Å²) in [5.74, 6) is 0.158. The van der Waals surface area contributed by atoms with E-state index in [9.17, 15) is 14.9 Å². The molecule has 0 unspecified atom stereocenters. The predicted octanol–water partition coefficient (Wildman–Crippen LogP) is 2.92. The number of nitro benzene ring substituents is 1. The van der Waals surface area contributed by atoms with Gasteiger partial charge in [-0.1, -0.05) is 18.2 Å². The van der Waals surface area contributed by atoms with Crippen molar-refractivity contribution in [1.29, 1.82) is 0 Å². The van der Waals surface area contributed by atoms with E-state index >= 15 is 0 Å². The Bertz CT molecular complexity index is 876. The van der Waals surface area contributed by atoms with E-state index in [0.717, 1.165) is 4.88 Å². The van der Waals surface area contributed by atoms with Crippen LogP contribution < -0.4 is 10.1 Å². The summed E-state index contributed by atoms with van der Waals surface area (Å²) < 4.78 is 6.93. The van der Waals surface area contributed by atoms with Crippen molar-refractivity contribution in [2.45, 2.75) is 6.54 Å². The fourth-order valence-corrected chi connectivity index (χ4v) is 2.85. The summed E-state index contributed by atoms with van der Waals surface area (Å²) in [5, 5.41) is 19.8. The van der Waals surface area contributed by atoms with Crippen molar-refractivity contribution in [2.24, 2.45) is 0 Å². The van der Waals surface area contributed by atoms with E-state index < -0.39 is 10.8 Å². The molecule has 2 aromatic heterocycles. The highest BCUT2D eigenvalue weighted by Crippen LogP contribution is 2.25. The standard InChI is InChI=1S/C16H14N4O4S/c21-16(11-24-14-6-2-1-5-13(14)20(22)23)18-15-7-8-17-19(15)10-12-4-3-9-25-12/h1-9H,10-11H2,(H,18,21). The van der Waals surface area contributed by atoms with Crippen LogP contribution in [0.25, 0.3) is 0 Å². The van der Waals surface area contributed by atoms with Crippen LogP contribution in [0.15, 0.2) is 54.0 Å². The molecule has 3 aromatic rings. The number of benzene rings is 1. The van der Waals surface area contributed by atoms with Gasteiger partial charge in [0.1, 0.15) is 5.82 Å². The molecule has 0 fully saturated rings. The van der Waals surface area contributed by atoms with Crippen LogP contribution in [0.1, 0.15) is 4.88 Å². The van der Waals surface area contributed by atoms with Crippen LogP contribution >= 0.6 is 11.3 Å². The van der Waals surface area contributed by atoms with Gasteiger partial charge in [0.05, 0.1) is 17.7 Å². The van der Waals surface area contributed by atoms with Crippen LogP contribution in [0.3, 0.4) is 0 Å². The van der Waals surface area contributed by atoms with Crippen molar-refractivity contribution in [3.8, 4) is 5.75 Å². The summed E-state index contributed by atoms with van der Waals surface area (Å²) in [7, 11) is 0. The van der Waals surface area contributed by atoms with Crippen LogP contribution in [0.5, 0.6) is 5.75 Å². The third-order valence-electron chi connectivity index (χ3n) is 3.29. The van der Waals surface area contributed by atoms with Gasteiger partial charge in [0.25, 0.3) is 5.91 Å². The number of anilines is 1. The van der Waals surface area contributed by atoms with Crippen molar-refractivity contribution in [3.05, 3.63) is 69.0 Å². The molecule has 0 bridgehead atoms. The molecule has 1 aromatic carbocycles. The maximum absolute atomic E-state index is 12.1. The lowest BCUT2D eigenvalue weighted by atomic mass is 10.3. The first kappa shape index (κ1) is 16.7. The molecule has 0 saturated heterocycles. The molecule has 0 aliphatic heterocycles. The Morgan fingerprint density at radius 3 is 2.88 bits per heavy atom. The Hall–Kier alpha value is -3.20. The average molecular weight is 358 g/mol. The van der Waals surface area contributed by atoms with Gasteiger partial charge >= 0.3 is 5.69 Å². The SMILES string of the molecule is O=C(COc1ccccc1[N+](=O)[O-])Nc1ccnn1Cc1cccs1. The van der Waals surface area contributed by atoms with Crippen molar-refractivity contribution in [3.63, 3.8) is 0 Å². The molecular weight excluding hydrogens is 344 g/mol. The van der Waals surface area contributed by atoms with Gasteiger partial charge in [-0.15, -0.1) is 11.3 Å². The Kier molecular flexibility index (Phi) is 5.05. The topological polar surface area (TPSA) is 99.3 Å². The summed E-state index contributed by atoms with van der Waals surface area (Å²) in [6.45, 7) is 0.209. The maximum Gasteiger partial charge on any atom is 0.310 e. The van der Waals surface area contributed by atoms with Gasteiger partial charge in [-0.25, -0.2) is 4.68 Å². The Balaban J connectivity index is 1.61. The number of amides is 1. The second kappa shape index (κ2) is 7.58.